The second-order valence-corrected chi connectivity index (χ2v) is 5.37. The van der Waals surface area contributed by atoms with Gasteiger partial charge in [-0.3, -0.25) is 0 Å². The minimum Gasteiger partial charge on any atom is -0.497 e. The highest BCUT2D eigenvalue weighted by atomic mass is 79.9. The molecule has 1 N–H and O–H groups in total. The Hall–Kier alpha value is -1.33. The summed E-state index contributed by atoms with van der Waals surface area (Å²) in [5.41, 5.74) is 2.49. The van der Waals surface area contributed by atoms with Gasteiger partial charge < -0.3 is 14.6 Å². The van der Waals surface area contributed by atoms with Gasteiger partial charge in [0, 0.05) is 26.1 Å². The van der Waals surface area contributed by atoms with Crippen molar-refractivity contribution < 1.29 is 4.74 Å². The van der Waals surface area contributed by atoms with E-state index in [0.717, 1.165) is 42.2 Å². The molecule has 0 bridgehead atoms. The number of nitrogens with one attached hydrogen (secondary N) is 1. The number of rotatable bonds is 3. The first-order chi connectivity index (χ1) is 9.28. The van der Waals surface area contributed by atoms with Crippen LogP contribution in [-0.4, -0.2) is 23.2 Å². The largest absolute Gasteiger partial charge is 0.497 e. The SMILES string of the molecule is COc1ccc(Cc2nc(Br)c3n2CCNC3)cc1. The zero-order valence-electron chi connectivity index (χ0n) is 10.8. The highest BCUT2D eigenvalue weighted by Gasteiger charge is 2.18. The number of methoxy groups -OCH3 is 1. The van der Waals surface area contributed by atoms with Crippen LogP contribution in [0.2, 0.25) is 0 Å². The Morgan fingerprint density at radius 2 is 2.16 bits per heavy atom. The first-order valence-corrected chi connectivity index (χ1v) is 7.14. The Bertz CT molecular complexity index is 577. The molecule has 19 heavy (non-hydrogen) atoms. The molecule has 1 aliphatic heterocycles. The summed E-state index contributed by atoms with van der Waals surface area (Å²) in [6, 6.07) is 8.17. The van der Waals surface area contributed by atoms with Gasteiger partial charge in [-0.05, 0) is 33.6 Å². The molecule has 0 amide bonds. The molecule has 0 aliphatic carbocycles. The summed E-state index contributed by atoms with van der Waals surface area (Å²) in [7, 11) is 1.68. The number of hydrogen-bond acceptors (Lipinski definition) is 3. The van der Waals surface area contributed by atoms with Crippen LogP contribution in [0, 0.1) is 0 Å². The highest BCUT2D eigenvalue weighted by molar-refractivity contribution is 9.10. The predicted molar refractivity (Wildman–Crippen MR) is 77.4 cm³/mol. The Kier molecular flexibility index (Phi) is 3.57. The van der Waals surface area contributed by atoms with Crippen LogP contribution in [0.4, 0.5) is 0 Å². The summed E-state index contributed by atoms with van der Waals surface area (Å²) < 4.78 is 8.45. The molecule has 0 spiro atoms. The first kappa shape index (κ1) is 12.7. The Labute approximate surface area is 120 Å². The van der Waals surface area contributed by atoms with Gasteiger partial charge in [0.05, 0.1) is 12.8 Å². The minimum atomic E-state index is 0.850. The fourth-order valence-electron chi connectivity index (χ4n) is 2.40. The number of hydrogen-bond donors (Lipinski definition) is 1. The number of benzene rings is 1. The smallest absolute Gasteiger partial charge is 0.128 e. The normalized spacial score (nSPS) is 14.2. The van der Waals surface area contributed by atoms with Gasteiger partial charge in [0.2, 0.25) is 0 Å². The molecule has 2 aromatic rings. The summed E-state index contributed by atoms with van der Waals surface area (Å²) >= 11 is 3.55. The molecule has 2 heterocycles. The van der Waals surface area contributed by atoms with E-state index >= 15 is 0 Å². The number of ether oxygens (including phenoxy) is 1. The van der Waals surface area contributed by atoms with Crippen molar-refractivity contribution in [1.82, 2.24) is 14.9 Å². The monoisotopic (exact) mass is 321 g/mol. The van der Waals surface area contributed by atoms with Crippen molar-refractivity contribution in [2.45, 2.75) is 19.5 Å². The number of imidazole rings is 1. The first-order valence-electron chi connectivity index (χ1n) is 6.35. The van der Waals surface area contributed by atoms with Gasteiger partial charge in [0.1, 0.15) is 16.2 Å². The second kappa shape index (κ2) is 5.35. The van der Waals surface area contributed by atoms with E-state index in [9.17, 15) is 0 Å². The summed E-state index contributed by atoms with van der Waals surface area (Å²) in [5, 5.41) is 3.37. The highest BCUT2D eigenvalue weighted by Crippen LogP contribution is 2.22. The van der Waals surface area contributed by atoms with E-state index in [-0.39, 0.29) is 0 Å². The van der Waals surface area contributed by atoms with Gasteiger partial charge in [-0.2, -0.15) is 0 Å². The van der Waals surface area contributed by atoms with Gasteiger partial charge in [0.25, 0.3) is 0 Å². The maximum atomic E-state index is 5.18. The van der Waals surface area contributed by atoms with Crippen molar-refractivity contribution in [3.05, 3.63) is 46.0 Å². The molecule has 0 fully saturated rings. The lowest BCUT2D eigenvalue weighted by Gasteiger charge is -2.18. The third-order valence-electron chi connectivity index (χ3n) is 3.43. The van der Waals surface area contributed by atoms with Crippen molar-refractivity contribution >= 4 is 15.9 Å². The summed E-state index contributed by atoms with van der Waals surface area (Å²) in [4.78, 5) is 4.64. The van der Waals surface area contributed by atoms with Gasteiger partial charge in [-0.1, -0.05) is 12.1 Å². The fraction of sp³-hybridized carbons (Fsp3) is 0.357. The van der Waals surface area contributed by atoms with Crippen molar-refractivity contribution in [2.75, 3.05) is 13.7 Å². The lowest BCUT2D eigenvalue weighted by molar-refractivity contribution is 0.414. The van der Waals surface area contributed by atoms with Gasteiger partial charge in [0.15, 0.2) is 0 Å². The zero-order chi connectivity index (χ0) is 13.2. The quantitative estimate of drug-likeness (QED) is 0.943. The fourth-order valence-corrected chi connectivity index (χ4v) is 2.96. The van der Waals surface area contributed by atoms with Gasteiger partial charge >= 0.3 is 0 Å². The second-order valence-electron chi connectivity index (χ2n) is 4.62. The molecule has 1 aliphatic rings. The molecular formula is C14H16BrN3O. The van der Waals surface area contributed by atoms with Crippen LogP contribution in [0.3, 0.4) is 0 Å². The Balaban J connectivity index is 1.86. The zero-order valence-corrected chi connectivity index (χ0v) is 12.4. The predicted octanol–water partition coefficient (Wildman–Crippen LogP) is 2.35. The van der Waals surface area contributed by atoms with Crippen LogP contribution >= 0.6 is 15.9 Å². The minimum absolute atomic E-state index is 0.850. The number of halogens is 1. The summed E-state index contributed by atoms with van der Waals surface area (Å²) in [5.74, 6) is 2.01. The standard InChI is InChI=1S/C14H16BrN3O/c1-19-11-4-2-10(3-5-11)8-13-17-14(15)12-9-16-6-7-18(12)13/h2-5,16H,6-9H2,1H3. The topological polar surface area (TPSA) is 39.1 Å². The molecule has 1 aromatic carbocycles. The van der Waals surface area contributed by atoms with Crippen LogP contribution in [0.25, 0.3) is 0 Å². The molecule has 0 radical (unpaired) electrons. The van der Waals surface area contributed by atoms with E-state index in [4.69, 9.17) is 4.74 Å². The van der Waals surface area contributed by atoms with Crippen molar-refractivity contribution in [1.29, 1.82) is 0 Å². The maximum Gasteiger partial charge on any atom is 0.128 e. The van der Waals surface area contributed by atoms with Crippen LogP contribution < -0.4 is 10.1 Å². The molecule has 5 heteroatoms. The molecule has 100 valence electrons. The average molecular weight is 322 g/mol. The van der Waals surface area contributed by atoms with E-state index in [1.165, 1.54) is 11.3 Å². The number of nitrogens with zero attached hydrogens (tertiary/aromatic N) is 2. The van der Waals surface area contributed by atoms with Crippen molar-refractivity contribution in [3.63, 3.8) is 0 Å². The molecular weight excluding hydrogens is 306 g/mol. The molecule has 0 saturated heterocycles. The van der Waals surface area contributed by atoms with Crippen LogP contribution in [-0.2, 0) is 19.5 Å². The third-order valence-corrected chi connectivity index (χ3v) is 4.06. The van der Waals surface area contributed by atoms with E-state index < -0.39 is 0 Å². The number of aromatic nitrogens is 2. The van der Waals surface area contributed by atoms with E-state index in [0.29, 0.717) is 0 Å². The average Bonchev–Trinajstić information content (AvgIpc) is 2.77. The lowest BCUT2D eigenvalue weighted by atomic mass is 10.1. The van der Waals surface area contributed by atoms with E-state index in [2.05, 4.69) is 42.9 Å². The molecule has 1 aromatic heterocycles. The van der Waals surface area contributed by atoms with E-state index in [1.807, 2.05) is 12.1 Å². The molecule has 4 nitrogen and oxygen atoms in total. The molecule has 0 unspecified atom stereocenters. The maximum absolute atomic E-state index is 5.18. The summed E-state index contributed by atoms with van der Waals surface area (Å²) in [6.07, 6.45) is 0.850. The van der Waals surface area contributed by atoms with E-state index in [1.54, 1.807) is 7.11 Å². The van der Waals surface area contributed by atoms with Crippen LogP contribution in [0.15, 0.2) is 28.9 Å². The third kappa shape index (κ3) is 2.53. The molecule has 0 saturated carbocycles. The lowest BCUT2D eigenvalue weighted by Crippen LogP contribution is -2.28. The van der Waals surface area contributed by atoms with Crippen LogP contribution in [0.1, 0.15) is 17.1 Å². The van der Waals surface area contributed by atoms with Gasteiger partial charge in [-0.15, -0.1) is 0 Å². The van der Waals surface area contributed by atoms with Crippen molar-refractivity contribution in [3.8, 4) is 5.75 Å². The molecule has 3 rings (SSSR count). The summed E-state index contributed by atoms with van der Waals surface area (Å²) in [6.45, 7) is 2.88. The Morgan fingerprint density at radius 3 is 2.89 bits per heavy atom. The van der Waals surface area contributed by atoms with Crippen LogP contribution in [0.5, 0.6) is 5.75 Å². The van der Waals surface area contributed by atoms with Crippen molar-refractivity contribution in [2.24, 2.45) is 0 Å². The van der Waals surface area contributed by atoms with Gasteiger partial charge in [-0.25, -0.2) is 4.98 Å². The molecule has 0 atom stereocenters. The Morgan fingerprint density at radius 1 is 1.37 bits per heavy atom. The number of fused-ring (bicyclic) bond motifs is 1.